The van der Waals surface area contributed by atoms with Crippen molar-refractivity contribution >= 4 is 23.3 Å². The third-order valence-corrected chi connectivity index (χ3v) is 4.76. The number of rotatable bonds is 4. The Morgan fingerprint density at radius 3 is 2.69 bits per heavy atom. The van der Waals surface area contributed by atoms with E-state index in [1.807, 2.05) is 6.07 Å². The van der Waals surface area contributed by atoms with Gasteiger partial charge >= 0.3 is 6.03 Å². The van der Waals surface area contributed by atoms with Crippen LogP contribution in [0.2, 0.25) is 5.02 Å². The van der Waals surface area contributed by atoms with Crippen molar-refractivity contribution < 1.29 is 18.7 Å². The number of amides is 2. The van der Waals surface area contributed by atoms with Crippen molar-refractivity contribution in [3.05, 3.63) is 52.8 Å². The molecule has 1 fully saturated rings. The van der Waals surface area contributed by atoms with Crippen LogP contribution in [0.5, 0.6) is 11.5 Å². The maximum absolute atomic E-state index is 13.5. The maximum atomic E-state index is 13.5. The van der Waals surface area contributed by atoms with Crippen molar-refractivity contribution in [1.29, 1.82) is 0 Å². The van der Waals surface area contributed by atoms with Gasteiger partial charge in [-0.2, -0.15) is 0 Å². The van der Waals surface area contributed by atoms with E-state index in [0.717, 1.165) is 18.4 Å². The molecule has 1 atom stereocenters. The van der Waals surface area contributed by atoms with E-state index in [-0.39, 0.29) is 17.9 Å². The molecule has 1 saturated heterocycles. The van der Waals surface area contributed by atoms with E-state index in [4.69, 9.17) is 21.1 Å². The number of ether oxygens (including phenoxy) is 2. The summed E-state index contributed by atoms with van der Waals surface area (Å²) in [6, 6.07) is 9.13. The molecule has 7 heteroatoms. The van der Waals surface area contributed by atoms with Crippen LogP contribution in [0.3, 0.4) is 0 Å². The second kappa shape index (κ2) is 7.83. The van der Waals surface area contributed by atoms with Crippen molar-refractivity contribution in [2.24, 2.45) is 0 Å². The molecule has 0 bridgehead atoms. The van der Waals surface area contributed by atoms with Crippen LogP contribution in [0.25, 0.3) is 0 Å². The van der Waals surface area contributed by atoms with Crippen LogP contribution in [-0.2, 0) is 0 Å². The molecule has 0 spiro atoms. The zero-order valence-electron chi connectivity index (χ0n) is 14.6. The summed E-state index contributed by atoms with van der Waals surface area (Å²) in [7, 11) is 3.01. The number of benzene rings is 2. The van der Waals surface area contributed by atoms with Crippen molar-refractivity contribution in [1.82, 2.24) is 4.90 Å². The number of hydrogen-bond acceptors (Lipinski definition) is 3. The van der Waals surface area contributed by atoms with E-state index in [2.05, 4.69) is 5.32 Å². The fourth-order valence-electron chi connectivity index (χ4n) is 3.21. The number of methoxy groups -OCH3 is 2. The summed E-state index contributed by atoms with van der Waals surface area (Å²) >= 11 is 6.16. The molecule has 3 rings (SSSR count). The van der Waals surface area contributed by atoms with Crippen molar-refractivity contribution in [3.8, 4) is 11.5 Å². The van der Waals surface area contributed by atoms with Gasteiger partial charge in [0.1, 0.15) is 17.3 Å². The Kier molecular flexibility index (Phi) is 5.52. The Morgan fingerprint density at radius 2 is 2.00 bits per heavy atom. The number of urea groups is 1. The zero-order valence-corrected chi connectivity index (χ0v) is 15.3. The highest BCUT2D eigenvalue weighted by atomic mass is 35.5. The minimum Gasteiger partial charge on any atom is -0.495 e. The van der Waals surface area contributed by atoms with Gasteiger partial charge in [-0.3, -0.25) is 0 Å². The van der Waals surface area contributed by atoms with Crippen LogP contribution >= 0.6 is 11.6 Å². The first-order valence-electron chi connectivity index (χ1n) is 8.28. The summed E-state index contributed by atoms with van der Waals surface area (Å²) in [5.41, 5.74) is 1.24. The van der Waals surface area contributed by atoms with Crippen LogP contribution in [0, 0.1) is 5.82 Å². The average Bonchev–Trinajstić information content (AvgIpc) is 3.12. The van der Waals surface area contributed by atoms with Gasteiger partial charge in [-0.1, -0.05) is 23.7 Å². The molecule has 0 unspecified atom stereocenters. The number of likely N-dealkylation sites (tertiary alicyclic amines) is 1. The summed E-state index contributed by atoms with van der Waals surface area (Å²) < 4.78 is 24.0. The number of nitrogens with zero attached hydrogens (tertiary/aromatic N) is 1. The van der Waals surface area contributed by atoms with Crippen LogP contribution < -0.4 is 14.8 Å². The fourth-order valence-corrected chi connectivity index (χ4v) is 3.46. The van der Waals surface area contributed by atoms with Gasteiger partial charge < -0.3 is 19.7 Å². The number of carbonyl (C=O) groups excluding carboxylic acids is 1. The molecule has 138 valence electrons. The Hall–Kier alpha value is -2.47. The zero-order chi connectivity index (χ0) is 18.7. The van der Waals surface area contributed by atoms with Crippen molar-refractivity contribution in [2.75, 3.05) is 26.1 Å². The van der Waals surface area contributed by atoms with Gasteiger partial charge in [0.25, 0.3) is 0 Å². The molecule has 26 heavy (non-hydrogen) atoms. The molecular formula is C19H20ClFN2O3. The van der Waals surface area contributed by atoms with E-state index < -0.39 is 0 Å². The third kappa shape index (κ3) is 3.70. The standard InChI is InChI=1S/C19H20ClFN2O3/c1-25-17-11-18(26-2)15(10-14(17)20)22-19(24)23-8-4-7-16(23)12-5-3-6-13(21)9-12/h3,5-6,9-11,16H,4,7-8H2,1-2H3,(H,22,24)/t16-/m0/s1. The molecule has 0 aromatic heterocycles. The molecule has 0 aliphatic carbocycles. The maximum Gasteiger partial charge on any atom is 0.322 e. The highest BCUT2D eigenvalue weighted by molar-refractivity contribution is 6.32. The first kappa shape index (κ1) is 18.3. The van der Waals surface area contributed by atoms with E-state index in [0.29, 0.717) is 28.8 Å². The van der Waals surface area contributed by atoms with Gasteiger partial charge in [-0.25, -0.2) is 9.18 Å². The molecule has 0 saturated carbocycles. The van der Waals surface area contributed by atoms with Gasteiger partial charge in [-0.05, 0) is 36.6 Å². The van der Waals surface area contributed by atoms with E-state index >= 15 is 0 Å². The lowest BCUT2D eigenvalue weighted by atomic mass is 10.0. The average molecular weight is 379 g/mol. The quantitative estimate of drug-likeness (QED) is 0.826. The predicted octanol–water partition coefficient (Wildman–Crippen LogP) is 4.87. The number of nitrogens with one attached hydrogen (secondary N) is 1. The number of anilines is 1. The Labute approximate surface area is 156 Å². The largest absolute Gasteiger partial charge is 0.495 e. The summed E-state index contributed by atoms with van der Waals surface area (Å²) in [5, 5.41) is 3.21. The fraction of sp³-hybridized carbons (Fsp3) is 0.316. The van der Waals surface area contributed by atoms with Gasteiger partial charge in [0.05, 0.1) is 31.0 Å². The highest BCUT2D eigenvalue weighted by Gasteiger charge is 2.30. The number of hydrogen-bond donors (Lipinski definition) is 1. The van der Waals surface area contributed by atoms with Crippen LogP contribution in [0.4, 0.5) is 14.9 Å². The molecule has 1 aliphatic heterocycles. The summed E-state index contributed by atoms with van der Waals surface area (Å²) in [4.78, 5) is 14.5. The summed E-state index contributed by atoms with van der Waals surface area (Å²) in [6.07, 6.45) is 1.65. The lowest BCUT2D eigenvalue weighted by molar-refractivity contribution is 0.207. The van der Waals surface area contributed by atoms with E-state index in [1.165, 1.54) is 26.4 Å². The number of carbonyl (C=O) groups is 1. The Bertz CT molecular complexity index is 815. The topological polar surface area (TPSA) is 50.8 Å². The molecular weight excluding hydrogens is 359 g/mol. The summed E-state index contributed by atoms with van der Waals surface area (Å²) in [5.74, 6) is 0.597. The van der Waals surface area contributed by atoms with E-state index in [1.54, 1.807) is 23.1 Å². The molecule has 5 nitrogen and oxygen atoms in total. The minimum atomic E-state index is -0.307. The molecule has 1 N–H and O–H groups in total. The SMILES string of the molecule is COc1cc(OC)c(NC(=O)N2CCC[C@H]2c2cccc(F)c2)cc1Cl. The van der Waals surface area contributed by atoms with Crippen LogP contribution in [0.15, 0.2) is 36.4 Å². The molecule has 2 aromatic carbocycles. The molecule has 0 radical (unpaired) electrons. The van der Waals surface area contributed by atoms with Gasteiger partial charge in [-0.15, -0.1) is 0 Å². The van der Waals surface area contributed by atoms with Crippen molar-refractivity contribution in [3.63, 3.8) is 0 Å². The summed E-state index contributed by atoms with van der Waals surface area (Å²) in [6.45, 7) is 0.596. The smallest absolute Gasteiger partial charge is 0.322 e. The molecule has 1 heterocycles. The van der Waals surface area contributed by atoms with Crippen LogP contribution in [-0.4, -0.2) is 31.7 Å². The van der Waals surface area contributed by atoms with Crippen molar-refractivity contribution in [2.45, 2.75) is 18.9 Å². The van der Waals surface area contributed by atoms with Gasteiger partial charge in [0.15, 0.2) is 0 Å². The first-order chi connectivity index (χ1) is 12.5. The molecule has 1 aliphatic rings. The lowest BCUT2D eigenvalue weighted by Crippen LogP contribution is -2.34. The first-order valence-corrected chi connectivity index (χ1v) is 8.66. The van der Waals surface area contributed by atoms with Gasteiger partial charge in [0.2, 0.25) is 0 Å². The van der Waals surface area contributed by atoms with Gasteiger partial charge in [0, 0.05) is 12.6 Å². The minimum absolute atomic E-state index is 0.162. The lowest BCUT2D eigenvalue weighted by Gasteiger charge is -2.26. The predicted molar refractivity (Wildman–Crippen MR) is 98.7 cm³/mol. The molecule has 2 amide bonds. The second-order valence-electron chi connectivity index (χ2n) is 6.02. The molecule has 2 aromatic rings. The highest BCUT2D eigenvalue weighted by Crippen LogP contribution is 2.37. The Balaban J connectivity index is 1.82. The monoisotopic (exact) mass is 378 g/mol. The number of halogens is 2. The Morgan fingerprint density at radius 1 is 1.23 bits per heavy atom. The third-order valence-electron chi connectivity index (χ3n) is 4.46. The van der Waals surface area contributed by atoms with E-state index in [9.17, 15) is 9.18 Å². The van der Waals surface area contributed by atoms with Crippen LogP contribution in [0.1, 0.15) is 24.4 Å². The normalized spacial score (nSPS) is 16.5. The second-order valence-corrected chi connectivity index (χ2v) is 6.43.